The molecule has 0 aliphatic carbocycles. The molecule has 0 saturated carbocycles. The third-order valence-corrected chi connectivity index (χ3v) is 7.04. The van der Waals surface area contributed by atoms with Crippen molar-refractivity contribution in [2.24, 2.45) is 0 Å². The van der Waals surface area contributed by atoms with E-state index in [1.807, 2.05) is 83.2 Å². The van der Waals surface area contributed by atoms with E-state index in [0.29, 0.717) is 30.4 Å². The number of thiophene rings is 2. The summed E-state index contributed by atoms with van der Waals surface area (Å²) in [6.45, 7) is 3.18. The van der Waals surface area contributed by atoms with E-state index in [4.69, 9.17) is 4.42 Å². The Morgan fingerprint density at radius 3 is 2.06 bits per heavy atom. The molecule has 1 amide bonds. The Morgan fingerprint density at radius 1 is 0.818 bits per heavy atom. The minimum Gasteiger partial charge on any atom is -0.416 e. The summed E-state index contributed by atoms with van der Waals surface area (Å²) in [6.07, 6.45) is 0. The Hall–Kier alpha value is -3.55. The van der Waals surface area contributed by atoms with Gasteiger partial charge in [0.2, 0.25) is 11.8 Å². The Bertz CT molecular complexity index is 1300. The molecule has 0 saturated heterocycles. The van der Waals surface area contributed by atoms with Crippen molar-refractivity contribution in [2.45, 2.75) is 20.0 Å². The van der Waals surface area contributed by atoms with E-state index in [0.717, 1.165) is 26.4 Å². The van der Waals surface area contributed by atoms with Crippen LogP contribution in [0.2, 0.25) is 0 Å². The third kappa shape index (κ3) is 4.79. The predicted octanol–water partition coefficient (Wildman–Crippen LogP) is 6.68. The van der Waals surface area contributed by atoms with E-state index in [2.05, 4.69) is 22.3 Å². The van der Waals surface area contributed by atoms with Crippen LogP contribution in [0.3, 0.4) is 0 Å². The van der Waals surface area contributed by atoms with E-state index < -0.39 is 0 Å². The first-order valence-corrected chi connectivity index (χ1v) is 12.3. The normalized spacial score (nSPS) is 10.9. The fourth-order valence-corrected chi connectivity index (χ4v) is 5.02. The van der Waals surface area contributed by atoms with Crippen molar-refractivity contribution in [3.05, 3.63) is 104 Å². The molecule has 0 N–H and O–H groups in total. The molecular weight excluding hydrogens is 450 g/mol. The highest BCUT2D eigenvalue weighted by Gasteiger charge is 2.19. The number of amides is 1. The second-order valence-corrected chi connectivity index (χ2v) is 9.69. The molecule has 3 heterocycles. The third-order valence-electron chi connectivity index (χ3n) is 5.32. The van der Waals surface area contributed by atoms with E-state index in [1.165, 1.54) is 0 Å². The summed E-state index contributed by atoms with van der Waals surface area (Å²) < 4.78 is 5.91. The molecule has 164 valence electrons. The van der Waals surface area contributed by atoms with Gasteiger partial charge in [-0.25, -0.2) is 0 Å². The maximum Gasteiger partial charge on any atom is 0.254 e. The lowest BCUT2D eigenvalue weighted by molar-refractivity contribution is 0.0733. The van der Waals surface area contributed by atoms with Gasteiger partial charge in [-0.2, -0.15) is 0 Å². The van der Waals surface area contributed by atoms with Crippen molar-refractivity contribution in [2.75, 3.05) is 0 Å². The zero-order chi connectivity index (χ0) is 22.6. The van der Waals surface area contributed by atoms with Crippen LogP contribution in [0, 0.1) is 6.92 Å². The lowest BCUT2D eigenvalue weighted by atomic mass is 10.1. The van der Waals surface area contributed by atoms with Gasteiger partial charge in [-0.1, -0.05) is 30.3 Å². The van der Waals surface area contributed by atoms with Gasteiger partial charge >= 0.3 is 0 Å². The molecule has 2 aromatic carbocycles. The van der Waals surface area contributed by atoms with Crippen LogP contribution < -0.4 is 0 Å². The monoisotopic (exact) mass is 471 g/mol. The van der Waals surface area contributed by atoms with Crippen LogP contribution in [0.5, 0.6) is 0 Å². The van der Waals surface area contributed by atoms with Crippen molar-refractivity contribution >= 4 is 28.6 Å². The molecule has 0 unspecified atom stereocenters. The zero-order valence-electron chi connectivity index (χ0n) is 18.0. The average molecular weight is 472 g/mol. The molecule has 0 aliphatic heterocycles. The van der Waals surface area contributed by atoms with Crippen molar-refractivity contribution in [1.82, 2.24) is 15.1 Å². The largest absolute Gasteiger partial charge is 0.416 e. The van der Waals surface area contributed by atoms with Gasteiger partial charge in [-0.15, -0.1) is 32.9 Å². The smallest absolute Gasteiger partial charge is 0.254 e. The quantitative estimate of drug-likeness (QED) is 0.266. The Balaban J connectivity index is 1.36. The summed E-state index contributed by atoms with van der Waals surface area (Å²) in [5, 5.41) is 12.5. The number of benzene rings is 2. The molecule has 3 aromatic heterocycles. The van der Waals surface area contributed by atoms with Crippen LogP contribution in [0.25, 0.3) is 22.9 Å². The highest BCUT2D eigenvalue weighted by atomic mass is 32.1. The van der Waals surface area contributed by atoms with Crippen LogP contribution in [-0.4, -0.2) is 21.0 Å². The van der Waals surface area contributed by atoms with Gasteiger partial charge in [-0.05, 0) is 65.7 Å². The van der Waals surface area contributed by atoms with Crippen LogP contribution in [0.4, 0.5) is 0 Å². The van der Waals surface area contributed by atoms with E-state index in [9.17, 15) is 4.79 Å². The molecule has 5 nitrogen and oxygen atoms in total. The first-order valence-electron chi connectivity index (χ1n) is 10.5. The SMILES string of the molecule is Cc1ccccc1-c1nnc(-c2ccc(C(=O)N(Cc3cccs3)Cc3cccs3)cc2)o1. The Kier molecular flexibility index (Phi) is 6.15. The number of rotatable bonds is 7. The van der Waals surface area contributed by atoms with Crippen molar-refractivity contribution in [3.63, 3.8) is 0 Å². The van der Waals surface area contributed by atoms with E-state index in [1.54, 1.807) is 22.7 Å². The number of hydrogen-bond acceptors (Lipinski definition) is 6. The first-order chi connectivity index (χ1) is 16.2. The zero-order valence-corrected chi connectivity index (χ0v) is 19.6. The van der Waals surface area contributed by atoms with Gasteiger partial charge in [0.15, 0.2) is 0 Å². The molecule has 0 spiro atoms. The summed E-state index contributed by atoms with van der Waals surface area (Å²) in [6, 6.07) is 23.4. The van der Waals surface area contributed by atoms with Crippen LogP contribution in [-0.2, 0) is 13.1 Å². The molecule has 0 atom stereocenters. The maximum atomic E-state index is 13.4. The van der Waals surface area contributed by atoms with Gasteiger partial charge in [0.25, 0.3) is 5.91 Å². The van der Waals surface area contributed by atoms with Crippen LogP contribution >= 0.6 is 22.7 Å². The molecule has 0 aliphatic rings. The molecule has 0 bridgehead atoms. The number of hydrogen-bond donors (Lipinski definition) is 0. The molecule has 0 radical (unpaired) electrons. The van der Waals surface area contributed by atoms with Gasteiger partial charge in [-0.3, -0.25) is 4.79 Å². The molecular formula is C26H21N3O2S2. The fourth-order valence-electron chi connectivity index (χ4n) is 3.58. The minimum absolute atomic E-state index is 0.00511. The second kappa shape index (κ2) is 9.52. The predicted molar refractivity (Wildman–Crippen MR) is 132 cm³/mol. The Morgan fingerprint density at radius 2 is 1.45 bits per heavy atom. The summed E-state index contributed by atoms with van der Waals surface area (Å²) in [5.41, 5.74) is 3.40. The molecule has 5 rings (SSSR count). The van der Waals surface area contributed by atoms with Gasteiger partial charge < -0.3 is 9.32 Å². The summed E-state index contributed by atoms with van der Waals surface area (Å²) >= 11 is 3.32. The summed E-state index contributed by atoms with van der Waals surface area (Å²) in [7, 11) is 0. The number of aryl methyl sites for hydroxylation is 1. The number of aromatic nitrogens is 2. The Labute approximate surface area is 200 Å². The fraction of sp³-hybridized carbons (Fsp3) is 0.115. The highest BCUT2D eigenvalue weighted by Crippen LogP contribution is 2.27. The van der Waals surface area contributed by atoms with E-state index in [-0.39, 0.29) is 5.91 Å². The van der Waals surface area contributed by atoms with Gasteiger partial charge in [0.1, 0.15) is 0 Å². The van der Waals surface area contributed by atoms with E-state index >= 15 is 0 Å². The minimum atomic E-state index is -0.00511. The molecule has 0 fully saturated rings. The number of carbonyl (C=O) groups excluding carboxylic acids is 1. The average Bonchev–Trinajstić information content (AvgIpc) is 3.62. The lowest BCUT2D eigenvalue weighted by Gasteiger charge is -2.21. The number of carbonyl (C=O) groups is 1. The molecule has 33 heavy (non-hydrogen) atoms. The summed E-state index contributed by atoms with van der Waals surface area (Å²) in [5.74, 6) is 0.914. The lowest BCUT2D eigenvalue weighted by Crippen LogP contribution is -2.29. The molecule has 7 heteroatoms. The molecule has 5 aromatic rings. The maximum absolute atomic E-state index is 13.4. The highest BCUT2D eigenvalue weighted by molar-refractivity contribution is 7.10. The standard InChI is InChI=1S/C26H21N3O2S2/c1-18-6-2-3-9-23(18)25-28-27-24(31-25)19-10-12-20(13-11-19)26(30)29(16-21-7-4-14-32-21)17-22-8-5-15-33-22/h2-15H,16-17H2,1H3. The summed E-state index contributed by atoms with van der Waals surface area (Å²) in [4.78, 5) is 17.6. The van der Waals surface area contributed by atoms with Gasteiger partial charge in [0, 0.05) is 26.4 Å². The second-order valence-electron chi connectivity index (χ2n) is 7.62. The van der Waals surface area contributed by atoms with Crippen LogP contribution in [0.1, 0.15) is 25.7 Å². The van der Waals surface area contributed by atoms with Gasteiger partial charge in [0.05, 0.1) is 13.1 Å². The van der Waals surface area contributed by atoms with Crippen LogP contribution in [0.15, 0.2) is 88.0 Å². The first kappa shape index (κ1) is 21.3. The van der Waals surface area contributed by atoms with Crippen molar-refractivity contribution in [1.29, 1.82) is 0 Å². The number of nitrogens with zero attached hydrogens (tertiary/aromatic N) is 3. The van der Waals surface area contributed by atoms with Crippen molar-refractivity contribution < 1.29 is 9.21 Å². The van der Waals surface area contributed by atoms with Crippen molar-refractivity contribution in [3.8, 4) is 22.9 Å². The topological polar surface area (TPSA) is 59.2 Å².